The summed E-state index contributed by atoms with van der Waals surface area (Å²) in [5.74, 6) is 2.25. The Morgan fingerprint density at radius 1 is 0.405 bits per heavy atom. The third kappa shape index (κ3) is 3.52. The summed E-state index contributed by atoms with van der Waals surface area (Å²) in [6.07, 6.45) is 0. The van der Waals surface area contributed by atoms with Crippen molar-refractivity contribution in [3.63, 3.8) is 0 Å². The van der Waals surface area contributed by atoms with Crippen molar-refractivity contribution in [1.29, 1.82) is 0 Å². The van der Waals surface area contributed by atoms with Gasteiger partial charge in [0.15, 0.2) is 23.3 Å². The molecule has 200 valence electrons. The molecule has 0 saturated heterocycles. The predicted octanol–water partition coefficient (Wildman–Crippen LogP) is 6.45. The molecule has 0 atom stereocenters. The molecular formula is C32H19N9Ru. The van der Waals surface area contributed by atoms with Crippen LogP contribution in [-0.2, 0) is 19.5 Å². The molecule has 42 heavy (non-hydrogen) atoms. The number of aromatic nitrogens is 8. The van der Waals surface area contributed by atoms with E-state index in [1.165, 1.54) is 0 Å². The first kappa shape index (κ1) is 24.5. The Morgan fingerprint density at radius 3 is 1.29 bits per heavy atom. The molecule has 0 saturated carbocycles. The number of hydrogen-bond acceptors (Lipinski definition) is 7. The number of nitrogens with zero attached hydrogens (tertiary/aromatic N) is 6. The van der Waals surface area contributed by atoms with Gasteiger partial charge in [0.1, 0.15) is 22.6 Å². The van der Waals surface area contributed by atoms with Crippen LogP contribution < -0.4 is 5.73 Å². The zero-order chi connectivity index (χ0) is 27.1. The monoisotopic (exact) mass is 631 g/mol. The van der Waals surface area contributed by atoms with E-state index in [1.54, 1.807) is 0 Å². The van der Waals surface area contributed by atoms with Gasteiger partial charge in [0.2, 0.25) is 0 Å². The van der Waals surface area contributed by atoms with Gasteiger partial charge in [-0.3, -0.25) is 0 Å². The van der Waals surface area contributed by atoms with E-state index >= 15 is 0 Å². The van der Waals surface area contributed by atoms with Crippen LogP contribution in [0.15, 0.2) is 91.0 Å². The molecule has 8 bridgehead atoms. The summed E-state index contributed by atoms with van der Waals surface area (Å²) < 4.78 is 0. The fourth-order valence-corrected chi connectivity index (χ4v) is 5.72. The van der Waals surface area contributed by atoms with Gasteiger partial charge in [-0.25, -0.2) is 29.9 Å². The van der Waals surface area contributed by atoms with E-state index in [9.17, 15) is 0 Å². The van der Waals surface area contributed by atoms with E-state index in [1.807, 2.05) is 91.0 Å². The van der Waals surface area contributed by atoms with E-state index in [4.69, 9.17) is 35.6 Å². The zero-order valence-corrected chi connectivity index (χ0v) is 23.5. The standard InChI is InChI=1S/C32H19N9.Ru/c33-23-15-7-14-22-24(23)32-40-30-21-13-6-5-12-20(21)28(38-30)36-26-17-9-2-1-8-16(17)25(34-26)35-27-18-10-3-4-11-19(18)29(37-27)39-31(22)41-32;/h1-15H,33H2,(H2,34,35,36,37,38,39,40,41);. The van der Waals surface area contributed by atoms with Crippen LogP contribution in [0.25, 0.3) is 89.7 Å². The van der Waals surface area contributed by atoms with Crippen LogP contribution in [0.1, 0.15) is 0 Å². The molecule has 5 heterocycles. The fourth-order valence-electron chi connectivity index (χ4n) is 5.72. The number of fused-ring (bicyclic) bond motifs is 20. The number of hydrogen-bond donors (Lipinski definition) is 3. The summed E-state index contributed by atoms with van der Waals surface area (Å²) in [7, 11) is 0. The van der Waals surface area contributed by atoms with E-state index in [0.29, 0.717) is 51.6 Å². The van der Waals surface area contributed by atoms with Crippen molar-refractivity contribution in [1.82, 2.24) is 39.9 Å². The Morgan fingerprint density at radius 2 is 0.786 bits per heavy atom. The second-order valence-corrected chi connectivity index (χ2v) is 10.0. The maximum absolute atomic E-state index is 6.49. The maximum Gasteiger partial charge on any atom is 0.164 e. The van der Waals surface area contributed by atoms with Crippen molar-refractivity contribution in [3.05, 3.63) is 91.0 Å². The van der Waals surface area contributed by atoms with E-state index in [-0.39, 0.29) is 19.5 Å². The van der Waals surface area contributed by atoms with Gasteiger partial charge in [-0.15, -0.1) is 0 Å². The van der Waals surface area contributed by atoms with Crippen molar-refractivity contribution in [2.24, 2.45) is 0 Å². The molecule has 7 aromatic rings. The predicted molar refractivity (Wildman–Crippen MR) is 160 cm³/mol. The zero-order valence-electron chi connectivity index (χ0n) is 21.8. The first-order chi connectivity index (χ1) is 20.2. The van der Waals surface area contributed by atoms with Gasteiger partial charge in [0.05, 0.1) is 5.39 Å². The van der Waals surface area contributed by atoms with E-state index in [2.05, 4.69) is 9.97 Å². The molecule has 9 rings (SSSR count). The summed E-state index contributed by atoms with van der Waals surface area (Å²) in [6.45, 7) is 0. The second kappa shape index (κ2) is 9.09. The van der Waals surface area contributed by atoms with E-state index in [0.717, 1.165) is 43.8 Å². The SMILES string of the molecule is Nc1cccc2c3nc4nc(nc5[nH]c(nc6nc(nc([nH]3)c12)-c1ccccc1-6)c1ccccc51)-c1ccccc1-4.[Ru]. The number of anilines is 1. The van der Waals surface area contributed by atoms with Crippen molar-refractivity contribution in [2.75, 3.05) is 5.73 Å². The molecule has 0 unspecified atom stereocenters. The Bertz CT molecular complexity index is 2400. The van der Waals surface area contributed by atoms with Crippen molar-refractivity contribution in [2.45, 2.75) is 0 Å². The fraction of sp³-hybridized carbons (Fsp3) is 0. The largest absolute Gasteiger partial charge is 0.398 e. The number of H-pyrrole nitrogens is 2. The smallest absolute Gasteiger partial charge is 0.164 e. The normalized spacial score (nSPS) is 11.7. The molecule has 2 aliphatic rings. The molecule has 0 amide bonds. The number of nitrogens with two attached hydrogens (primary N) is 1. The summed E-state index contributed by atoms with van der Waals surface area (Å²) in [5.41, 5.74) is 13.2. The summed E-state index contributed by atoms with van der Waals surface area (Å²) >= 11 is 0. The second-order valence-electron chi connectivity index (χ2n) is 10.0. The van der Waals surface area contributed by atoms with Gasteiger partial charge in [-0.2, -0.15) is 0 Å². The molecule has 2 aliphatic heterocycles. The van der Waals surface area contributed by atoms with Gasteiger partial charge < -0.3 is 15.7 Å². The summed E-state index contributed by atoms with van der Waals surface area (Å²) in [4.78, 5) is 36.7. The van der Waals surface area contributed by atoms with Crippen molar-refractivity contribution in [3.8, 4) is 45.6 Å². The Hall–Kier alpha value is -5.34. The van der Waals surface area contributed by atoms with E-state index < -0.39 is 0 Å². The summed E-state index contributed by atoms with van der Waals surface area (Å²) in [5, 5.41) is 3.51. The van der Waals surface area contributed by atoms with Crippen LogP contribution in [-0.4, -0.2) is 39.9 Å². The quantitative estimate of drug-likeness (QED) is 0.130. The maximum atomic E-state index is 6.49. The van der Waals surface area contributed by atoms with Crippen molar-refractivity contribution >= 4 is 49.8 Å². The summed E-state index contributed by atoms with van der Waals surface area (Å²) in [6, 6.07) is 29.7. The molecule has 0 radical (unpaired) electrons. The third-order valence-electron chi connectivity index (χ3n) is 7.61. The molecule has 4 N–H and O–H groups in total. The topological polar surface area (TPSA) is 135 Å². The van der Waals surface area contributed by atoms with Gasteiger partial charge in [0.25, 0.3) is 0 Å². The van der Waals surface area contributed by atoms with Crippen LogP contribution in [0.5, 0.6) is 0 Å². The van der Waals surface area contributed by atoms with Crippen molar-refractivity contribution < 1.29 is 19.5 Å². The van der Waals surface area contributed by atoms with Gasteiger partial charge >= 0.3 is 0 Å². The molecule has 0 fully saturated rings. The number of nitrogens with one attached hydrogen (secondary N) is 2. The molecule has 0 spiro atoms. The Kier molecular flexibility index (Phi) is 5.29. The number of aromatic amines is 2. The van der Waals surface area contributed by atoms with Gasteiger partial charge in [-0.05, 0) is 6.07 Å². The van der Waals surface area contributed by atoms with Crippen LogP contribution >= 0.6 is 0 Å². The number of benzene rings is 4. The minimum Gasteiger partial charge on any atom is -0.398 e. The minimum atomic E-state index is 0. The number of rotatable bonds is 0. The molecule has 3 aromatic heterocycles. The number of nitrogen functional groups attached to an aromatic ring is 1. The first-order valence-electron chi connectivity index (χ1n) is 13.2. The Balaban J connectivity index is 0.00000267. The van der Waals surface area contributed by atoms with Crippen LogP contribution in [0.2, 0.25) is 0 Å². The molecular weight excluding hydrogens is 611 g/mol. The average Bonchev–Trinajstić information content (AvgIpc) is 3.73. The molecule has 0 aliphatic carbocycles. The molecule has 9 nitrogen and oxygen atoms in total. The minimum absolute atomic E-state index is 0. The van der Waals surface area contributed by atoms with Crippen LogP contribution in [0.4, 0.5) is 5.69 Å². The molecule has 10 heteroatoms. The molecule has 4 aromatic carbocycles. The van der Waals surface area contributed by atoms with Crippen LogP contribution in [0.3, 0.4) is 0 Å². The third-order valence-corrected chi connectivity index (χ3v) is 7.61. The van der Waals surface area contributed by atoms with Gasteiger partial charge in [-0.1, -0.05) is 84.9 Å². The van der Waals surface area contributed by atoms with Gasteiger partial charge in [0, 0.05) is 63.6 Å². The first-order valence-corrected chi connectivity index (χ1v) is 13.2. The Labute approximate surface area is 250 Å². The van der Waals surface area contributed by atoms with Crippen LogP contribution in [0, 0.1) is 0 Å². The average molecular weight is 631 g/mol.